The number of benzene rings is 1. The molecular formula is C21H28N2O5. The minimum Gasteiger partial charge on any atom is -0.444 e. The Hall–Kier alpha value is -2.83. The molecule has 0 saturated heterocycles. The molecule has 0 fully saturated rings. The Morgan fingerprint density at radius 3 is 2.46 bits per heavy atom. The van der Waals surface area contributed by atoms with Gasteiger partial charge in [-0.15, -0.1) is 0 Å². The third-order valence-corrected chi connectivity index (χ3v) is 3.93. The fraction of sp³-hybridized carbons (Fsp3) is 0.476. The van der Waals surface area contributed by atoms with Gasteiger partial charge < -0.3 is 19.8 Å². The molecule has 7 heteroatoms. The van der Waals surface area contributed by atoms with Crippen LogP contribution in [0.15, 0.2) is 33.5 Å². The van der Waals surface area contributed by atoms with Gasteiger partial charge in [0.1, 0.15) is 17.2 Å². The summed E-state index contributed by atoms with van der Waals surface area (Å²) in [5.41, 5.74) is 0.567. The second-order valence-corrected chi connectivity index (χ2v) is 8.28. The van der Waals surface area contributed by atoms with Crippen LogP contribution in [0.4, 0.5) is 10.5 Å². The molecule has 0 aliphatic carbocycles. The molecule has 1 heterocycles. The molecule has 2 N–H and O–H groups in total. The van der Waals surface area contributed by atoms with Crippen LogP contribution in [0.2, 0.25) is 0 Å². The monoisotopic (exact) mass is 388 g/mol. The number of nitrogens with one attached hydrogen (secondary N) is 2. The summed E-state index contributed by atoms with van der Waals surface area (Å²) in [6.07, 6.45) is -0.194. The highest BCUT2D eigenvalue weighted by atomic mass is 16.6. The maximum Gasteiger partial charge on any atom is 0.408 e. The average Bonchev–Trinajstić information content (AvgIpc) is 2.51. The van der Waals surface area contributed by atoms with Gasteiger partial charge in [-0.2, -0.15) is 0 Å². The van der Waals surface area contributed by atoms with E-state index in [2.05, 4.69) is 10.6 Å². The van der Waals surface area contributed by atoms with E-state index >= 15 is 0 Å². The molecule has 0 saturated carbocycles. The molecule has 0 spiro atoms. The standard InChI is InChI=1S/C21H28N2O5/c1-12(2)9-16(23-20(26)28-21(4,5)6)19(25)22-14-7-8-15-13(3)10-18(24)27-17(15)11-14/h7-8,10-12,16H,9H2,1-6H3,(H,22,25)(H,23,26)/t16-/m0/s1. The Kier molecular flexibility index (Phi) is 6.48. The van der Waals surface area contributed by atoms with Crippen molar-refractivity contribution in [3.63, 3.8) is 0 Å². The van der Waals surface area contributed by atoms with Crippen LogP contribution in [0.5, 0.6) is 0 Å². The Balaban J connectivity index is 2.19. The molecule has 0 aliphatic rings. The van der Waals surface area contributed by atoms with Crippen LogP contribution in [0.25, 0.3) is 11.0 Å². The summed E-state index contributed by atoms with van der Waals surface area (Å²) < 4.78 is 10.5. The quantitative estimate of drug-likeness (QED) is 0.755. The highest BCUT2D eigenvalue weighted by Crippen LogP contribution is 2.21. The fourth-order valence-corrected chi connectivity index (χ4v) is 2.78. The van der Waals surface area contributed by atoms with Crippen molar-refractivity contribution in [1.29, 1.82) is 0 Å². The number of hydrogen-bond donors (Lipinski definition) is 2. The van der Waals surface area contributed by atoms with E-state index in [-0.39, 0.29) is 11.8 Å². The number of amides is 2. The van der Waals surface area contributed by atoms with Crippen LogP contribution in [0, 0.1) is 12.8 Å². The van der Waals surface area contributed by atoms with Crippen molar-refractivity contribution < 1.29 is 18.7 Å². The lowest BCUT2D eigenvalue weighted by Crippen LogP contribution is -2.46. The lowest BCUT2D eigenvalue weighted by molar-refractivity contribution is -0.118. The fourth-order valence-electron chi connectivity index (χ4n) is 2.78. The zero-order valence-corrected chi connectivity index (χ0v) is 17.2. The van der Waals surface area contributed by atoms with Crippen molar-refractivity contribution in [1.82, 2.24) is 5.32 Å². The van der Waals surface area contributed by atoms with Gasteiger partial charge in [0.25, 0.3) is 0 Å². The summed E-state index contributed by atoms with van der Waals surface area (Å²) in [7, 11) is 0. The van der Waals surface area contributed by atoms with Gasteiger partial charge in [-0.3, -0.25) is 4.79 Å². The lowest BCUT2D eigenvalue weighted by atomic mass is 10.0. The van der Waals surface area contributed by atoms with Crippen LogP contribution in [-0.2, 0) is 9.53 Å². The molecule has 1 atom stereocenters. The maximum atomic E-state index is 12.7. The first-order valence-corrected chi connectivity index (χ1v) is 9.29. The maximum absolute atomic E-state index is 12.7. The van der Waals surface area contributed by atoms with Crippen molar-refractivity contribution in [2.24, 2.45) is 5.92 Å². The van der Waals surface area contributed by atoms with E-state index in [1.807, 2.05) is 20.8 Å². The van der Waals surface area contributed by atoms with Crippen molar-refractivity contribution in [3.05, 3.63) is 40.2 Å². The van der Waals surface area contributed by atoms with Gasteiger partial charge in [0.2, 0.25) is 5.91 Å². The predicted molar refractivity (Wildman–Crippen MR) is 108 cm³/mol. The van der Waals surface area contributed by atoms with Crippen molar-refractivity contribution in [3.8, 4) is 0 Å². The third kappa shape index (κ3) is 6.11. The van der Waals surface area contributed by atoms with Gasteiger partial charge in [-0.1, -0.05) is 13.8 Å². The molecule has 1 aromatic heterocycles. The molecule has 0 aliphatic heterocycles. The number of carbonyl (C=O) groups excluding carboxylic acids is 2. The second-order valence-electron chi connectivity index (χ2n) is 8.28. The van der Waals surface area contributed by atoms with Crippen LogP contribution >= 0.6 is 0 Å². The van der Waals surface area contributed by atoms with E-state index in [4.69, 9.17) is 9.15 Å². The number of hydrogen-bond acceptors (Lipinski definition) is 5. The van der Waals surface area contributed by atoms with E-state index in [1.54, 1.807) is 39.0 Å². The Morgan fingerprint density at radius 1 is 1.18 bits per heavy atom. The topological polar surface area (TPSA) is 97.6 Å². The zero-order chi connectivity index (χ0) is 21.1. The normalized spacial score (nSPS) is 12.7. The Morgan fingerprint density at radius 2 is 1.86 bits per heavy atom. The first-order valence-electron chi connectivity index (χ1n) is 9.29. The predicted octanol–water partition coefficient (Wildman–Crippen LogP) is 3.98. The van der Waals surface area contributed by atoms with Gasteiger partial charge in [0.05, 0.1) is 0 Å². The summed E-state index contributed by atoms with van der Waals surface area (Å²) in [6, 6.07) is 5.77. The summed E-state index contributed by atoms with van der Waals surface area (Å²) in [5, 5.41) is 6.20. The van der Waals surface area contributed by atoms with E-state index in [1.165, 1.54) is 6.07 Å². The molecule has 2 aromatic rings. The zero-order valence-electron chi connectivity index (χ0n) is 17.2. The largest absolute Gasteiger partial charge is 0.444 e. The third-order valence-electron chi connectivity index (χ3n) is 3.93. The van der Waals surface area contributed by atoms with E-state index in [0.717, 1.165) is 10.9 Å². The molecule has 2 amide bonds. The van der Waals surface area contributed by atoms with Crippen LogP contribution in [-0.4, -0.2) is 23.6 Å². The molecule has 7 nitrogen and oxygen atoms in total. The van der Waals surface area contributed by atoms with Crippen molar-refractivity contribution >= 4 is 28.7 Å². The van der Waals surface area contributed by atoms with Gasteiger partial charge in [-0.25, -0.2) is 9.59 Å². The molecule has 28 heavy (non-hydrogen) atoms. The van der Waals surface area contributed by atoms with Gasteiger partial charge in [0, 0.05) is 23.2 Å². The number of rotatable bonds is 5. The van der Waals surface area contributed by atoms with E-state index < -0.39 is 23.4 Å². The number of aryl methyl sites for hydroxylation is 1. The minimum absolute atomic E-state index is 0.183. The second kappa shape index (κ2) is 8.46. The smallest absolute Gasteiger partial charge is 0.408 e. The molecule has 2 rings (SSSR count). The first kappa shape index (κ1) is 21.5. The lowest BCUT2D eigenvalue weighted by Gasteiger charge is -2.24. The molecule has 0 radical (unpaired) electrons. The molecular weight excluding hydrogens is 360 g/mol. The van der Waals surface area contributed by atoms with Crippen molar-refractivity contribution in [2.75, 3.05) is 5.32 Å². The highest BCUT2D eigenvalue weighted by molar-refractivity contribution is 5.98. The Labute approximate surface area is 164 Å². The van der Waals surface area contributed by atoms with Gasteiger partial charge in [-0.05, 0) is 57.7 Å². The summed E-state index contributed by atoms with van der Waals surface area (Å²) in [5.74, 6) is -0.183. The summed E-state index contributed by atoms with van der Waals surface area (Å²) >= 11 is 0. The van der Waals surface area contributed by atoms with E-state index in [0.29, 0.717) is 17.7 Å². The molecule has 0 unspecified atom stereocenters. The average molecular weight is 388 g/mol. The number of alkyl carbamates (subject to hydrolysis) is 1. The van der Waals surface area contributed by atoms with Crippen molar-refractivity contribution in [2.45, 2.75) is 59.6 Å². The van der Waals surface area contributed by atoms with Crippen LogP contribution < -0.4 is 16.3 Å². The number of anilines is 1. The molecule has 1 aromatic carbocycles. The number of fused-ring (bicyclic) bond motifs is 1. The number of ether oxygens (including phenoxy) is 1. The molecule has 0 bridgehead atoms. The summed E-state index contributed by atoms with van der Waals surface area (Å²) in [4.78, 5) is 36.4. The van der Waals surface area contributed by atoms with Crippen LogP contribution in [0.1, 0.15) is 46.6 Å². The van der Waals surface area contributed by atoms with Crippen LogP contribution in [0.3, 0.4) is 0 Å². The summed E-state index contributed by atoms with van der Waals surface area (Å²) in [6.45, 7) is 11.0. The number of carbonyl (C=O) groups is 2. The van der Waals surface area contributed by atoms with Gasteiger partial charge in [0.15, 0.2) is 0 Å². The highest BCUT2D eigenvalue weighted by Gasteiger charge is 2.25. The molecule has 152 valence electrons. The van der Waals surface area contributed by atoms with E-state index in [9.17, 15) is 14.4 Å². The SMILES string of the molecule is Cc1cc(=O)oc2cc(NC(=O)[C@H](CC(C)C)NC(=O)OC(C)(C)C)ccc12. The van der Waals surface area contributed by atoms with Gasteiger partial charge >= 0.3 is 11.7 Å². The Bertz CT molecular complexity index is 925. The minimum atomic E-state index is -0.755. The first-order chi connectivity index (χ1) is 12.9.